The van der Waals surface area contributed by atoms with E-state index in [1.54, 1.807) is 0 Å². The molecule has 0 aromatic heterocycles. The van der Waals surface area contributed by atoms with Crippen LogP contribution in [0, 0.1) is 5.92 Å². The van der Waals surface area contributed by atoms with Crippen LogP contribution < -0.4 is 5.32 Å². The Morgan fingerprint density at radius 3 is 2.67 bits per heavy atom. The van der Waals surface area contributed by atoms with Crippen LogP contribution in [0.1, 0.15) is 26.7 Å². The normalized spacial score (nSPS) is 44.3. The number of hydrogen-bond donors (Lipinski definition) is 1. The topological polar surface area (TPSA) is 49.4 Å². The summed E-state index contributed by atoms with van der Waals surface area (Å²) in [6.07, 6.45) is 4.49. The lowest BCUT2D eigenvalue weighted by molar-refractivity contribution is 0.0685. The van der Waals surface area contributed by atoms with Crippen LogP contribution in [0.25, 0.3) is 0 Å². The SMILES string of the molecule is CC1CNC(C)(C2CC2)CN1C1C=CS(=O)(=O)C1. The molecule has 18 heavy (non-hydrogen) atoms. The Bertz CT molecular complexity index is 469. The average molecular weight is 270 g/mol. The predicted octanol–water partition coefficient (Wildman–Crippen LogP) is 0.760. The maximum atomic E-state index is 11.6. The van der Waals surface area contributed by atoms with E-state index in [1.807, 2.05) is 6.08 Å². The second-order valence-electron chi connectivity index (χ2n) is 6.32. The van der Waals surface area contributed by atoms with Crippen molar-refractivity contribution in [1.29, 1.82) is 0 Å². The summed E-state index contributed by atoms with van der Waals surface area (Å²) >= 11 is 0. The molecule has 4 nitrogen and oxygen atoms in total. The Labute approximate surface area is 109 Å². The fraction of sp³-hybridized carbons (Fsp3) is 0.846. The highest BCUT2D eigenvalue weighted by atomic mass is 32.2. The van der Waals surface area contributed by atoms with Crippen molar-refractivity contribution < 1.29 is 8.42 Å². The zero-order valence-electron chi connectivity index (χ0n) is 11.1. The van der Waals surface area contributed by atoms with Gasteiger partial charge in [-0.2, -0.15) is 0 Å². The largest absolute Gasteiger partial charge is 0.308 e. The van der Waals surface area contributed by atoms with Gasteiger partial charge in [0, 0.05) is 36.1 Å². The summed E-state index contributed by atoms with van der Waals surface area (Å²) in [4.78, 5) is 2.37. The highest BCUT2D eigenvalue weighted by molar-refractivity contribution is 7.94. The third kappa shape index (κ3) is 2.24. The lowest BCUT2D eigenvalue weighted by atomic mass is 9.90. The first kappa shape index (κ1) is 12.6. The number of nitrogens with one attached hydrogen (secondary N) is 1. The second kappa shape index (κ2) is 4.05. The first-order valence-corrected chi connectivity index (χ1v) is 8.53. The van der Waals surface area contributed by atoms with Gasteiger partial charge in [-0.1, -0.05) is 6.08 Å². The molecule has 1 saturated heterocycles. The van der Waals surface area contributed by atoms with Crippen molar-refractivity contribution in [1.82, 2.24) is 10.2 Å². The molecule has 5 heteroatoms. The van der Waals surface area contributed by atoms with Crippen LogP contribution in [0.4, 0.5) is 0 Å². The molecule has 2 aliphatic heterocycles. The van der Waals surface area contributed by atoms with Gasteiger partial charge in [-0.3, -0.25) is 4.90 Å². The summed E-state index contributed by atoms with van der Waals surface area (Å²) in [6, 6.07) is 0.477. The molecule has 0 radical (unpaired) electrons. The van der Waals surface area contributed by atoms with Crippen molar-refractivity contribution in [2.45, 2.75) is 44.3 Å². The van der Waals surface area contributed by atoms with E-state index in [0.29, 0.717) is 6.04 Å². The van der Waals surface area contributed by atoms with Crippen LogP contribution in [0.5, 0.6) is 0 Å². The maximum Gasteiger partial charge on any atom is 0.173 e. The van der Waals surface area contributed by atoms with Gasteiger partial charge in [0.15, 0.2) is 9.84 Å². The zero-order valence-corrected chi connectivity index (χ0v) is 11.9. The Hall–Kier alpha value is -0.390. The number of sulfone groups is 1. The smallest absolute Gasteiger partial charge is 0.173 e. The Kier molecular flexibility index (Phi) is 2.84. The van der Waals surface area contributed by atoms with Gasteiger partial charge in [-0.05, 0) is 32.6 Å². The monoisotopic (exact) mass is 270 g/mol. The molecule has 1 N–H and O–H groups in total. The molecule has 2 fully saturated rings. The first-order valence-electron chi connectivity index (χ1n) is 6.81. The van der Waals surface area contributed by atoms with Crippen LogP contribution in [-0.2, 0) is 9.84 Å². The van der Waals surface area contributed by atoms with E-state index >= 15 is 0 Å². The Balaban J connectivity index is 1.76. The quantitative estimate of drug-likeness (QED) is 0.805. The molecule has 3 atom stereocenters. The fourth-order valence-electron chi connectivity index (χ4n) is 3.29. The van der Waals surface area contributed by atoms with E-state index in [1.165, 1.54) is 18.2 Å². The highest BCUT2D eigenvalue weighted by Crippen LogP contribution is 2.41. The van der Waals surface area contributed by atoms with Gasteiger partial charge in [0.2, 0.25) is 0 Å². The Morgan fingerprint density at radius 1 is 1.39 bits per heavy atom. The third-order valence-corrected chi connectivity index (χ3v) is 6.07. The standard InChI is InChI=1S/C13H22N2O2S/c1-10-7-14-13(2,11-3-4-11)9-15(10)12-5-6-18(16,17)8-12/h5-6,10-12,14H,3-4,7-9H2,1-2H3. The number of piperazine rings is 1. The first-order chi connectivity index (χ1) is 8.40. The zero-order chi connectivity index (χ0) is 13.0. The van der Waals surface area contributed by atoms with Crippen LogP contribution in [0.3, 0.4) is 0 Å². The molecule has 3 aliphatic rings. The van der Waals surface area contributed by atoms with Gasteiger partial charge in [0.25, 0.3) is 0 Å². The van der Waals surface area contributed by atoms with Gasteiger partial charge in [0.05, 0.1) is 5.75 Å². The van der Waals surface area contributed by atoms with Crippen molar-refractivity contribution in [3.63, 3.8) is 0 Å². The minimum atomic E-state index is -2.95. The van der Waals surface area contributed by atoms with Crippen molar-refractivity contribution >= 4 is 9.84 Å². The van der Waals surface area contributed by atoms with E-state index in [9.17, 15) is 8.42 Å². The van der Waals surface area contributed by atoms with Crippen molar-refractivity contribution in [3.05, 3.63) is 11.5 Å². The van der Waals surface area contributed by atoms with Gasteiger partial charge >= 0.3 is 0 Å². The van der Waals surface area contributed by atoms with Crippen molar-refractivity contribution in [3.8, 4) is 0 Å². The summed E-state index contributed by atoms with van der Waals surface area (Å²) in [5, 5.41) is 5.06. The Morgan fingerprint density at radius 2 is 2.11 bits per heavy atom. The van der Waals surface area contributed by atoms with E-state index in [2.05, 4.69) is 24.1 Å². The molecule has 2 heterocycles. The lowest BCUT2D eigenvalue weighted by Gasteiger charge is -2.47. The number of hydrogen-bond acceptors (Lipinski definition) is 4. The molecule has 1 saturated carbocycles. The summed E-state index contributed by atoms with van der Waals surface area (Å²) in [5.41, 5.74) is 0.173. The van der Waals surface area contributed by atoms with Crippen LogP contribution in [0.2, 0.25) is 0 Å². The van der Waals surface area contributed by atoms with Gasteiger partial charge < -0.3 is 5.32 Å². The van der Waals surface area contributed by atoms with Crippen LogP contribution >= 0.6 is 0 Å². The third-order valence-electron chi connectivity index (χ3n) is 4.69. The summed E-state index contributed by atoms with van der Waals surface area (Å²) < 4.78 is 23.1. The summed E-state index contributed by atoms with van der Waals surface area (Å²) in [6.45, 7) is 6.38. The number of nitrogens with zero attached hydrogens (tertiary/aromatic N) is 1. The molecule has 0 amide bonds. The lowest BCUT2D eigenvalue weighted by Crippen LogP contribution is -2.65. The molecule has 0 aromatic carbocycles. The van der Waals surface area contributed by atoms with Crippen molar-refractivity contribution in [2.24, 2.45) is 5.92 Å². The maximum absolute atomic E-state index is 11.6. The molecule has 102 valence electrons. The van der Waals surface area contributed by atoms with Crippen LogP contribution in [-0.4, -0.2) is 49.8 Å². The minimum Gasteiger partial charge on any atom is -0.308 e. The molecule has 1 aliphatic carbocycles. The molecular weight excluding hydrogens is 248 g/mol. The fourth-order valence-corrected chi connectivity index (χ4v) is 4.60. The average Bonchev–Trinajstić information content (AvgIpc) is 3.08. The van der Waals surface area contributed by atoms with E-state index in [-0.39, 0.29) is 17.3 Å². The minimum absolute atomic E-state index is 0.0742. The summed E-state index contributed by atoms with van der Waals surface area (Å²) in [7, 11) is -2.95. The molecule has 3 unspecified atom stereocenters. The summed E-state index contributed by atoms with van der Waals surface area (Å²) in [5.74, 6) is 1.03. The van der Waals surface area contributed by atoms with Gasteiger partial charge in [-0.25, -0.2) is 8.42 Å². The second-order valence-corrected chi connectivity index (χ2v) is 8.25. The predicted molar refractivity (Wildman–Crippen MR) is 72.0 cm³/mol. The van der Waals surface area contributed by atoms with Crippen molar-refractivity contribution in [2.75, 3.05) is 18.8 Å². The molecule has 0 bridgehead atoms. The molecule has 3 rings (SSSR count). The molecule has 0 aromatic rings. The van der Waals surface area contributed by atoms with E-state index < -0.39 is 9.84 Å². The van der Waals surface area contributed by atoms with Crippen LogP contribution in [0.15, 0.2) is 11.5 Å². The van der Waals surface area contributed by atoms with E-state index in [0.717, 1.165) is 19.0 Å². The van der Waals surface area contributed by atoms with Gasteiger partial charge in [0.1, 0.15) is 0 Å². The number of rotatable bonds is 2. The van der Waals surface area contributed by atoms with Gasteiger partial charge in [-0.15, -0.1) is 0 Å². The molecule has 0 spiro atoms. The molecular formula is C13H22N2O2S. The van der Waals surface area contributed by atoms with E-state index in [4.69, 9.17) is 0 Å². The highest BCUT2D eigenvalue weighted by Gasteiger charge is 2.47.